The lowest BCUT2D eigenvalue weighted by atomic mass is 9.83. The third-order valence-electron chi connectivity index (χ3n) is 6.94. The van der Waals surface area contributed by atoms with Gasteiger partial charge in [-0.05, 0) is 23.3 Å². The second kappa shape index (κ2) is 7.69. The standard InChI is InChI=1S/C26H18N4O5/c31-24(15-6-2-1-3-7-15)23-21-20(22-19-9-5-4-8-16(19)14-27-29(22)23)25(32)28(26(21)33)17-10-12-18(13-11-17)30(34)35/h1-14,20-23H/t20-,21-,22+,23+/m0/s1. The van der Waals surface area contributed by atoms with E-state index in [1.807, 2.05) is 24.3 Å². The number of carbonyl (C=O) groups is 3. The Morgan fingerprint density at radius 1 is 0.857 bits per heavy atom. The summed E-state index contributed by atoms with van der Waals surface area (Å²) in [7, 11) is 0. The number of fused-ring (bicyclic) bond motifs is 5. The normalized spacial score (nSPS) is 24.2. The molecule has 0 aromatic heterocycles. The number of ketones is 1. The molecule has 0 radical (unpaired) electrons. The summed E-state index contributed by atoms with van der Waals surface area (Å²) in [6, 6.07) is 19.9. The molecule has 35 heavy (non-hydrogen) atoms. The van der Waals surface area contributed by atoms with Crippen LogP contribution in [-0.2, 0) is 9.59 Å². The van der Waals surface area contributed by atoms with Gasteiger partial charge in [0.15, 0.2) is 5.78 Å². The van der Waals surface area contributed by atoms with Gasteiger partial charge in [-0.1, -0.05) is 54.6 Å². The van der Waals surface area contributed by atoms with Gasteiger partial charge in [0.05, 0.1) is 34.7 Å². The fraction of sp³-hybridized carbons (Fsp3) is 0.154. The van der Waals surface area contributed by atoms with Crippen LogP contribution in [0.5, 0.6) is 0 Å². The van der Waals surface area contributed by atoms with Gasteiger partial charge >= 0.3 is 0 Å². The summed E-state index contributed by atoms with van der Waals surface area (Å²) in [4.78, 5) is 52.8. The van der Waals surface area contributed by atoms with Gasteiger partial charge in [-0.25, -0.2) is 4.90 Å². The molecule has 0 bridgehead atoms. The number of anilines is 1. The number of rotatable bonds is 4. The molecule has 3 aromatic carbocycles. The molecule has 4 atom stereocenters. The molecule has 172 valence electrons. The van der Waals surface area contributed by atoms with E-state index in [-0.39, 0.29) is 17.2 Å². The monoisotopic (exact) mass is 466 g/mol. The Labute approximate surface area is 199 Å². The van der Waals surface area contributed by atoms with E-state index in [4.69, 9.17) is 0 Å². The van der Waals surface area contributed by atoms with Crippen molar-refractivity contribution < 1.29 is 19.3 Å². The Kier molecular flexibility index (Phi) is 4.60. The van der Waals surface area contributed by atoms with E-state index in [0.717, 1.165) is 16.0 Å². The van der Waals surface area contributed by atoms with Gasteiger partial charge in [-0.15, -0.1) is 0 Å². The van der Waals surface area contributed by atoms with Crippen molar-refractivity contribution in [3.8, 4) is 0 Å². The van der Waals surface area contributed by atoms with Crippen LogP contribution in [0.1, 0.15) is 27.5 Å². The van der Waals surface area contributed by atoms with Crippen molar-refractivity contribution in [1.29, 1.82) is 0 Å². The Morgan fingerprint density at radius 3 is 2.23 bits per heavy atom. The second-order valence-electron chi connectivity index (χ2n) is 8.71. The molecule has 2 fully saturated rings. The minimum atomic E-state index is -0.962. The van der Waals surface area contributed by atoms with Crippen molar-refractivity contribution in [2.24, 2.45) is 16.9 Å². The number of benzene rings is 3. The summed E-state index contributed by atoms with van der Waals surface area (Å²) in [5.41, 5.74) is 2.18. The first-order valence-electron chi connectivity index (χ1n) is 11.1. The second-order valence-corrected chi connectivity index (χ2v) is 8.71. The van der Waals surface area contributed by atoms with Crippen LogP contribution in [0.25, 0.3) is 0 Å². The number of Topliss-reactive ketones (excluding diaryl/α,β-unsaturated/α-hetero) is 1. The van der Waals surface area contributed by atoms with Crippen LogP contribution < -0.4 is 4.90 Å². The number of hydrogen-bond donors (Lipinski definition) is 0. The minimum absolute atomic E-state index is 0.146. The molecule has 6 rings (SSSR count). The molecule has 0 aliphatic carbocycles. The van der Waals surface area contributed by atoms with Crippen molar-refractivity contribution in [3.63, 3.8) is 0 Å². The molecule has 9 nitrogen and oxygen atoms in total. The van der Waals surface area contributed by atoms with Gasteiger partial charge in [0, 0.05) is 17.7 Å². The van der Waals surface area contributed by atoms with Crippen LogP contribution in [-0.4, -0.2) is 39.8 Å². The number of nitrogens with zero attached hydrogens (tertiary/aromatic N) is 4. The van der Waals surface area contributed by atoms with Gasteiger partial charge in [-0.3, -0.25) is 29.5 Å². The van der Waals surface area contributed by atoms with Crippen LogP contribution >= 0.6 is 0 Å². The first-order chi connectivity index (χ1) is 17.0. The third kappa shape index (κ3) is 3.01. The zero-order valence-electron chi connectivity index (χ0n) is 18.2. The van der Waals surface area contributed by atoms with Crippen LogP contribution in [0.15, 0.2) is 84.0 Å². The number of hydrogen-bond acceptors (Lipinski definition) is 7. The third-order valence-corrected chi connectivity index (χ3v) is 6.94. The molecule has 9 heteroatoms. The number of nitro groups is 1. The minimum Gasteiger partial charge on any atom is -0.292 e. The zero-order valence-corrected chi connectivity index (χ0v) is 18.2. The Morgan fingerprint density at radius 2 is 1.51 bits per heavy atom. The summed E-state index contributed by atoms with van der Waals surface area (Å²) in [6.07, 6.45) is 1.65. The molecular formula is C26H18N4O5. The maximum Gasteiger partial charge on any atom is 0.269 e. The lowest BCUT2D eigenvalue weighted by Gasteiger charge is -2.33. The topological polar surface area (TPSA) is 113 Å². The fourth-order valence-corrected chi connectivity index (χ4v) is 5.42. The first-order valence-corrected chi connectivity index (χ1v) is 11.1. The summed E-state index contributed by atoms with van der Waals surface area (Å²) in [5.74, 6) is -3.01. The predicted octanol–water partition coefficient (Wildman–Crippen LogP) is 3.36. The van der Waals surface area contributed by atoms with E-state index < -0.39 is 40.7 Å². The van der Waals surface area contributed by atoms with Crippen molar-refractivity contribution in [2.75, 3.05) is 4.90 Å². The number of imide groups is 1. The summed E-state index contributed by atoms with van der Waals surface area (Å²) in [5, 5.41) is 17.2. The van der Waals surface area contributed by atoms with E-state index in [0.29, 0.717) is 5.56 Å². The van der Waals surface area contributed by atoms with E-state index >= 15 is 0 Å². The highest BCUT2D eigenvalue weighted by Crippen LogP contribution is 2.53. The van der Waals surface area contributed by atoms with E-state index in [1.54, 1.807) is 41.6 Å². The van der Waals surface area contributed by atoms with E-state index in [1.165, 1.54) is 24.3 Å². The average molecular weight is 466 g/mol. The largest absolute Gasteiger partial charge is 0.292 e. The van der Waals surface area contributed by atoms with E-state index in [9.17, 15) is 24.5 Å². The van der Waals surface area contributed by atoms with Crippen LogP contribution in [0.2, 0.25) is 0 Å². The molecule has 0 unspecified atom stereocenters. The van der Waals surface area contributed by atoms with E-state index in [2.05, 4.69) is 5.10 Å². The summed E-state index contributed by atoms with van der Waals surface area (Å²) >= 11 is 0. The van der Waals surface area contributed by atoms with Gasteiger partial charge in [0.2, 0.25) is 11.8 Å². The zero-order chi connectivity index (χ0) is 24.3. The van der Waals surface area contributed by atoms with Gasteiger partial charge in [0.1, 0.15) is 6.04 Å². The predicted molar refractivity (Wildman–Crippen MR) is 126 cm³/mol. The van der Waals surface area contributed by atoms with Crippen molar-refractivity contribution in [3.05, 3.63) is 106 Å². The number of non-ortho nitro benzene ring substituents is 1. The molecule has 3 aliphatic rings. The van der Waals surface area contributed by atoms with Gasteiger partial charge in [-0.2, -0.15) is 5.10 Å². The van der Waals surface area contributed by atoms with Crippen molar-refractivity contribution in [1.82, 2.24) is 5.01 Å². The molecule has 0 saturated carbocycles. The smallest absolute Gasteiger partial charge is 0.269 e. The molecule has 2 saturated heterocycles. The highest BCUT2D eigenvalue weighted by Gasteiger charge is 2.65. The fourth-order valence-electron chi connectivity index (χ4n) is 5.42. The quantitative estimate of drug-likeness (QED) is 0.252. The first kappa shape index (κ1) is 20.9. The van der Waals surface area contributed by atoms with Crippen molar-refractivity contribution >= 4 is 35.2 Å². The molecular weight excluding hydrogens is 448 g/mol. The number of amides is 2. The van der Waals surface area contributed by atoms with Gasteiger partial charge < -0.3 is 0 Å². The number of carbonyl (C=O) groups excluding carboxylic acids is 3. The number of nitro benzene ring substituents is 1. The highest BCUT2D eigenvalue weighted by molar-refractivity contribution is 6.24. The summed E-state index contributed by atoms with van der Waals surface area (Å²) in [6.45, 7) is 0. The average Bonchev–Trinajstić information content (AvgIpc) is 3.36. The molecule has 3 aliphatic heterocycles. The van der Waals surface area contributed by atoms with Crippen LogP contribution in [0, 0.1) is 22.0 Å². The molecule has 3 heterocycles. The maximum absolute atomic E-state index is 13.8. The van der Waals surface area contributed by atoms with Crippen LogP contribution in [0.4, 0.5) is 11.4 Å². The lowest BCUT2D eigenvalue weighted by Crippen LogP contribution is -2.44. The lowest BCUT2D eigenvalue weighted by molar-refractivity contribution is -0.384. The molecule has 2 amide bonds. The SMILES string of the molecule is O=C(c1ccccc1)[C@H]1[C@H]2C(=O)N(c3ccc([N+](=O)[O-])cc3)C(=O)[C@@H]2[C@H]2c3ccccc3C=NN21. The Balaban J connectivity index is 1.47. The Hall–Kier alpha value is -4.66. The summed E-state index contributed by atoms with van der Waals surface area (Å²) < 4.78 is 0. The maximum atomic E-state index is 13.8. The highest BCUT2D eigenvalue weighted by atomic mass is 16.6. The van der Waals surface area contributed by atoms with Gasteiger partial charge in [0.25, 0.3) is 5.69 Å². The molecule has 3 aromatic rings. The molecule has 0 N–H and O–H groups in total. The number of hydrazone groups is 1. The van der Waals surface area contributed by atoms with Crippen molar-refractivity contribution in [2.45, 2.75) is 12.1 Å². The molecule has 0 spiro atoms. The Bertz CT molecular complexity index is 1420. The van der Waals surface area contributed by atoms with Crippen LogP contribution in [0.3, 0.4) is 0 Å².